The van der Waals surface area contributed by atoms with Crippen molar-refractivity contribution in [3.05, 3.63) is 0 Å². The summed E-state index contributed by atoms with van der Waals surface area (Å²) in [6.07, 6.45) is -2.20. The first-order chi connectivity index (χ1) is 6.81. The van der Waals surface area contributed by atoms with Gasteiger partial charge in [-0.2, -0.15) is 34.8 Å². The highest BCUT2D eigenvalue weighted by Gasteiger charge is 2.76. The third kappa shape index (κ3) is 2.26. The molecule has 0 saturated heterocycles. The molecule has 16 heavy (non-hydrogen) atoms. The molecule has 0 aliphatic heterocycles. The Morgan fingerprint density at radius 1 is 1.06 bits per heavy atom. The normalized spacial score (nSPS) is 15.2. The molecule has 0 heterocycles. The molecule has 0 aliphatic carbocycles. The zero-order valence-electron chi connectivity index (χ0n) is 7.85. The Labute approximate surface area is 87.2 Å². The van der Waals surface area contributed by atoms with E-state index in [1.165, 1.54) is 0 Å². The van der Waals surface area contributed by atoms with Crippen LogP contribution in [-0.4, -0.2) is 30.1 Å². The number of hydrogen-bond acceptors (Lipinski definition) is 2. The van der Waals surface area contributed by atoms with Crippen molar-refractivity contribution in [1.82, 2.24) is 0 Å². The van der Waals surface area contributed by atoms with E-state index in [0.29, 0.717) is 0 Å². The fraction of sp³-hybridized carbons (Fsp3) is 1.00. The average Bonchev–Trinajstić information content (AvgIpc) is 2.01. The van der Waals surface area contributed by atoms with Gasteiger partial charge in [-0.3, -0.25) is 4.55 Å². The molecular weight excluding hydrogens is 266 g/mol. The molecule has 0 spiro atoms. The van der Waals surface area contributed by atoms with E-state index < -0.39 is 40.1 Å². The summed E-state index contributed by atoms with van der Waals surface area (Å²) >= 11 is 0. The van der Waals surface area contributed by atoms with Gasteiger partial charge in [0, 0.05) is 6.42 Å². The van der Waals surface area contributed by atoms with Crippen LogP contribution in [0.15, 0.2) is 0 Å². The minimum Gasteiger partial charge on any atom is -0.281 e. The monoisotopic (exact) mass is 274 g/mol. The molecule has 0 saturated carbocycles. The van der Waals surface area contributed by atoms with Crippen LogP contribution in [0.2, 0.25) is 0 Å². The molecule has 0 amide bonds. The van der Waals surface area contributed by atoms with Crippen LogP contribution in [0.1, 0.15) is 19.8 Å². The minimum atomic E-state index is -6.62. The van der Waals surface area contributed by atoms with Gasteiger partial charge in [-0.1, -0.05) is 13.3 Å². The van der Waals surface area contributed by atoms with E-state index in [1.807, 2.05) is 0 Å². The first-order valence-corrected chi connectivity index (χ1v) is 5.35. The Hall–Kier alpha value is -0.510. The third-order valence-electron chi connectivity index (χ3n) is 1.71. The summed E-state index contributed by atoms with van der Waals surface area (Å²) < 4.78 is 103. The van der Waals surface area contributed by atoms with Crippen molar-refractivity contribution < 1.29 is 39.3 Å². The first-order valence-electron chi connectivity index (χ1n) is 3.91. The van der Waals surface area contributed by atoms with Crippen molar-refractivity contribution >= 4 is 10.1 Å². The largest absolute Gasteiger partial charge is 0.437 e. The fourth-order valence-corrected chi connectivity index (χ4v) is 1.32. The summed E-state index contributed by atoms with van der Waals surface area (Å²) in [6.45, 7) is 1.02. The van der Waals surface area contributed by atoms with Crippen LogP contribution in [-0.2, 0) is 10.1 Å². The number of halogens is 6. The number of rotatable bonds is 5. The molecule has 10 heteroatoms. The lowest BCUT2D eigenvalue weighted by atomic mass is 10.1. The van der Waals surface area contributed by atoms with Crippen molar-refractivity contribution in [3.8, 4) is 0 Å². The van der Waals surface area contributed by atoms with Crippen LogP contribution in [0.5, 0.6) is 0 Å². The van der Waals surface area contributed by atoms with Crippen LogP contribution in [0.4, 0.5) is 26.3 Å². The Morgan fingerprint density at radius 3 is 1.69 bits per heavy atom. The van der Waals surface area contributed by atoms with Crippen molar-refractivity contribution in [2.24, 2.45) is 0 Å². The van der Waals surface area contributed by atoms with E-state index >= 15 is 0 Å². The predicted octanol–water partition coefficient (Wildman–Crippen LogP) is 2.54. The van der Waals surface area contributed by atoms with Crippen LogP contribution in [0.3, 0.4) is 0 Å². The highest BCUT2D eigenvalue weighted by atomic mass is 32.2. The first kappa shape index (κ1) is 15.5. The quantitative estimate of drug-likeness (QED) is 0.619. The van der Waals surface area contributed by atoms with Crippen molar-refractivity contribution in [2.75, 3.05) is 0 Å². The summed E-state index contributed by atoms with van der Waals surface area (Å²) in [4.78, 5) is 0. The lowest BCUT2D eigenvalue weighted by Crippen LogP contribution is -2.57. The van der Waals surface area contributed by atoms with E-state index in [9.17, 15) is 34.8 Å². The molecule has 0 aromatic rings. The maximum Gasteiger partial charge on any atom is 0.437 e. The maximum atomic E-state index is 12.6. The Bertz CT molecular complexity index is 349. The average molecular weight is 274 g/mol. The molecule has 0 fully saturated rings. The van der Waals surface area contributed by atoms with Gasteiger partial charge in [0.1, 0.15) is 0 Å². The molecule has 0 radical (unpaired) electrons. The summed E-state index contributed by atoms with van der Waals surface area (Å²) in [7, 11) is -6.62. The predicted molar refractivity (Wildman–Crippen MR) is 41.3 cm³/mol. The van der Waals surface area contributed by atoms with Crippen molar-refractivity contribution in [2.45, 2.75) is 36.9 Å². The van der Waals surface area contributed by atoms with Gasteiger partial charge in [0.2, 0.25) is 0 Å². The van der Waals surface area contributed by atoms with Gasteiger partial charge >= 0.3 is 27.2 Å². The van der Waals surface area contributed by atoms with E-state index in [-0.39, 0.29) is 0 Å². The third-order valence-corrected chi connectivity index (χ3v) is 2.62. The van der Waals surface area contributed by atoms with Crippen molar-refractivity contribution in [1.29, 1.82) is 0 Å². The number of hydrogen-bond donors (Lipinski definition) is 1. The van der Waals surface area contributed by atoms with Crippen LogP contribution in [0, 0.1) is 0 Å². The molecule has 0 aromatic carbocycles. The summed E-state index contributed by atoms with van der Waals surface area (Å²) in [6, 6.07) is 0. The van der Waals surface area contributed by atoms with Gasteiger partial charge in [-0.25, -0.2) is 0 Å². The highest BCUT2D eigenvalue weighted by Crippen LogP contribution is 2.49. The minimum absolute atomic E-state index is 0.565. The molecule has 0 bridgehead atoms. The molecular formula is C6H8F6O3S. The van der Waals surface area contributed by atoms with Gasteiger partial charge in [-0.05, 0) is 0 Å². The second-order valence-electron chi connectivity index (χ2n) is 3.02. The molecule has 1 N–H and O–H groups in total. The van der Waals surface area contributed by atoms with Gasteiger partial charge < -0.3 is 0 Å². The summed E-state index contributed by atoms with van der Waals surface area (Å²) in [5.74, 6) is -11.4. The van der Waals surface area contributed by atoms with Gasteiger partial charge in [0.25, 0.3) is 0 Å². The van der Waals surface area contributed by atoms with Gasteiger partial charge in [-0.15, -0.1) is 0 Å². The van der Waals surface area contributed by atoms with Gasteiger partial charge in [0.15, 0.2) is 0 Å². The van der Waals surface area contributed by atoms with Crippen LogP contribution in [0.25, 0.3) is 0 Å². The van der Waals surface area contributed by atoms with Crippen LogP contribution >= 0.6 is 0 Å². The van der Waals surface area contributed by atoms with E-state index in [0.717, 1.165) is 6.92 Å². The standard InChI is InChI=1S/C6H8F6O3S/c1-2-3-4(7,8)5(9,10)6(11,12)16(13,14)15/h2-3H2,1H3,(H,13,14,15). The Balaban J connectivity index is 5.52. The molecule has 98 valence electrons. The highest BCUT2D eigenvalue weighted by molar-refractivity contribution is 7.87. The van der Waals surface area contributed by atoms with Crippen LogP contribution < -0.4 is 0 Å². The Morgan fingerprint density at radius 2 is 1.44 bits per heavy atom. The topological polar surface area (TPSA) is 54.4 Å². The van der Waals surface area contributed by atoms with E-state index in [4.69, 9.17) is 4.55 Å². The van der Waals surface area contributed by atoms with E-state index in [1.54, 1.807) is 0 Å². The zero-order chi connectivity index (χ0) is 13.4. The second-order valence-corrected chi connectivity index (χ2v) is 4.48. The molecule has 0 aliphatic rings. The second kappa shape index (κ2) is 4.06. The number of alkyl halides is 6. The molecule has 3 nitrogen and oxygen atoms in total. The molecule has 0 aromatic heterocycles. The molecule has 0 unspecified atom stereocenters. The lowest BCUT2D eigenvalue weighted by Gasteiger charge is -2.30. The molecule has 0 rings (SSSR count). The maximum absolute atomic E-state index is 12.6. The molecule has 0 atom stereocenters. The van der Waals surface area contributed by atoms with Crippen molar-refractivity contribution in [3.63, 3.8) is 0 Å². The Kier molecular flexibility index (Phi) is 3.93. The fourth-order valence-electron chi connectivity index (χ4n) is 0.846. The smallest absolute Gasteiger partial charge is 0.281 e. The SMILES string of the molecule is CCCC(F)(F)C(F)(F)C(F)(F)S(=O)(=O)O. The van der Waals surface area contributed by atoms with Gasteiger partial charge in [0.05, 0.1) is 0 Å². The summed E-state index contributed by atoms with van der Waals surface area (Å²) in [5, 5.41) is -6.24. The zero-order valence-corrected chi connectivity index (χ0v) is 8.67. The van der Waals surface area contributed by atoms with E-state index in [2.05, 4.69) is 0 Å². The lowest BCUT2D eigenvalue weighted by molar-refractivity contribution is -0.282. The summed E-state index contributed by atoms with van der Waals surface area (Å²) in [5.41, 5.74) is 0.